The number of nitrogens with zero attached hydrogens (tertiary/aromatic N) is 2. The van der Waals surface area contributed by atoms with E-state index in [1.54, 1.807) is 66.7 Å². The van der Waals surface area contributed by atoms with E-state index in [0.717, 1.165) is 0 Å². The molecule has 1 aromatic heterocycles. The fraction of sp³-hybridized carbons (Fsp3) is 0.206. The summed E-state index contributed by atoms with van der Waals surface area (Å²) in [5.41, 5.74) is 3.40. The molecule has 0 bridgehead atoms. The van der Waals surface area contributed by atoms with E-state index in [-0.39, 0.29) is 40.9 Å². The van der Waals surface area contributed by atoms with Gasteiger partial charge in [-0.3, -0.25) is 19.3 Å². The second-order valence-electron chi connectivity index (χ2n) is 10.8. The summed E-state index contributed by atoms with van der Waals surface area (Å²) in [5.74, 6) is -2.13. The molecule has 0 saturated carbocycles. The van der Waals surface area contributed by atoms with Crippen molar-refractivity contribution in [1.82, 2.24) is 4.98 Å². The number of amides is 2. The van der Waals surface area contributed by atoms with Crippen molar-refractivity contribution in [3.05, 3.63) is 106 Å². The van der Waals surface area contributed by atoms with Crippen LogP contribution in [-0.4, -0.2) is 35.2 Å². The Bertz CT molecular complexity index is 1830. The van der Waals surface area contributed by atoms with Crippen LogP contribution in [0, 0.1) is 24.7 Å². The van der Waals surface area contributed by atoms with E-state index >= 15 is 0 Å². The molecule has 3 atom stereocenters. The van der Waals surface area contributed by atoms with E-state index in [1.165, 1.54) is 4.90 Å². The van der Waals surface area contributed by atoms with Gasteiger partial charge < -0.3 is 4.74 Å². The molecule has 216 valence electrons. The molecular weight excluding hydrogens is 587 g/mol. The lowest BCUT2D eigenvalue weighted by atomic mass is 9.78. The van der Waals surface area contributed by atoms with Gasteiger partial charge in [-0.05, 0) is 73.4 Å². The third-order valence-electron chi connectivity index (χ3n) is 8.18. The lowest BCUT2D eigenvalue weighted by Crippen LogP contribution is -2.31. The van der Waals surface area contributed by atoms with Gasteiger partial charge in [0.25, 0.3) is 0 Å². The Balaban J connectivity index is 1.31. The third kappa shape index (κ3) is 5.24. The molecule has 1 fully saturated rings. The number of esters is 1. The molecule has 2 amide bonds. The SMILES string of the molecule is Cc1c(Cl)ccc2c(C(=O)OCC(=O)c3ccc(Cl)cc3)cc(-c3ccc(N4C(=O)C5CC=CC(C)C5C4=O)cc3)nc12. The molecular formula is C34H26Cl2N2O5. The minimum absolute atomic E-state index is 0.00371. The number of hydrogen-bond donors (Lipinski definition) is 0. The highest BCUT2D eigenvalue weighted by Crippen LogP contribution is 2.41. The van der Waals surface area contributed by atoms with Gasteiger partial charge in [0.2, 0.25) is 11.8 Å². The van der Waals surface area contributed by atoms with Gasteiger partial charge in [-0.15, -0.1) is 0 Å². The number of pyridine rings is 1. The molecule has 2 heterocycles. The molecule has 0 spiro atoms. The molecule has 7 nitrogen and oxygen atoms in total. The number of fused-ring (bicyclic) bond motifs is 2. The van der Waals surface area contributed by atoms with Gasteiger partial charge in [-0.25, -0.2) is 9.78 Å². The Morgan fingerprint density at radius 2 is 1.70 bits per heavy atom. The number of carbonyl (C=O) groups is 4. The van der Waals surface area contributed by atoms with Crippen LogP contribution in [0.4, 0.5) is 5.69 Å². The van der Waals surface area contributed by atoms with Gasteiger partial charge >= 0.3 is 5.97 Å². The molecule has 1 aliphatic heterocycles. The summed E-state index contributed by atoms with van der Waals surface area (Å²) >= 11 is 12.3. The summed E-state index contributed by atoms with van der Waals surface area (Å²) in [5, 5.41) is 1.51. The third-order valence-corrected chi connectivity index (χ3v) is 8.84. The monoisotopic (exact) mass is 612 g/mol. The van der Waals surface area contributed by atoms with Crippen LogP contribution >= 0.6 is 23.2 Å². The summed E-state index contributed by atoms with van der Waals surface area (Å²) in [6.45, 7) is 3.32. The Labute approximate surface area is 258 Å². The summed E-state index contributed by atoms with van der Waals surface area (Å²) in [6.07, 6.45) is 4.52. The summed E-state index contributed by atoms with van der Waals surface area (Å²) in [7, 11) is 0. The second-order valence-corrected chi connectivity index (χ2v) is 11.7. The van der Waals surface area contributed by atoms with E-state index in [2.05, 4.69) is 0 Å². The highest BCUT2D eigenvalue weighted by atomic mass is 35.5. The maximum absolute atomic E-state index is 13.3. The Kier molecular flexibility index (Phi) is 7.63. The van der Waals surface area contributed by atoms with Gasteiger partial charge in [-0.1, -0.05) is 60.5 Å². The highest BCUT2D eigenvalue weighted by molar-refractivity contribution is 6.32. The minimum Gasteiger partial charge on any atom is -0.454 e. The smallest absolute Gasteiger partial charge is 0.339 e. The minimum atomic E-state index is -0.687. The zero-order chi connectivity index (χ0) is 30.4. The second kappa shape index (κ2) is 11.4. The van der Waals surface area contributed by atoms with Crippen LogP contribution in [0.15, 0.2) is 78.9 Å². The molecule has 43 heavy (non-hydrogen) atoms. The quantitative estimate of drug-likeness (QED) is 0.0984. The van der Waals surface area contributed by atoms with E-state index < -0.39 is 12.6 Å². The first-order chi connectivity index (χ1) is 20.6. The number of halogens is 2. The normalized spacial score (nSPS) is 19.5. The van der Waals surface area contributed by atoms with Crippen LogP contribution in [0.3, 0.4) is 0 Å². The van der Waals surface area contributed by atoms with Crippen LogP contribution in [0.2, 0.25) is 10.0 Å². The summed E-state index contributed by atoms with van der Waals surface area (Å²) in [4.78, 5) is 58.4. The molecule has 9 heteroatoms. The first kappa shape index (κ1) is 28.8. The van der Waals surface area contributed by atoms with E-state index in [0.29, 0.717) is 55.4 Å². The van der Waals surface area contributed by atoms with Crippen molar-refractivity contribution >= 4 is 63.4 Å². The van der Waals surface area contributed by atoms with Crippen molar-refractivity contribution in [2.45, 2.75) is 20.3 Å². The number of hydrogen-bond acceptors (Lipinski definition) is 6. The number of anilines is 1. The zero-order valence-corrected chi connectivity index (χ0v) is 24.9. The topological polar surface area (TPSA) is 93.6 Å². The number of aromatic nitrogens is 1. The van der Waals surface area contributed by atoms with Crippen molar-refractivity contribution in [3.63, 3.8) is 0 Å². The molecule has 0 N–H and O–H groups in total. The average molecular weight is 613 g/mol. The van der Waals surface area contributed by atoms with Crippen LogP contribution in [0.1, 0.15) is 39.6 Å². The predicted molar refractivity (Wildman–Crippen MR) is 165 cm³/mol. The lowest BCUT2D eigenvalue weighted by molar-refractivity contribution is -0.122. The standard InChI is InChI=1S/C34H26Cl2N2O5/c1-18-4-3-5-25-30(18)33(41)38(32(25)40)23-12-8-20(9-13-23)28-16-26(24-14-15-27(36)19(2)31(24)37-28)34(42)43-17-29(39)21-6-10-22(35)11-7-21/h3-4,6-16,18,25,30H,5,17H2,1-2H3. The van der Waals surface area contributed by atoms with Gasteiger partial charge in [-0.2, -0.15) is 0 Å². The number of Topliss-reactive ketones (excluding diaryl/α,β-unsaturated/α-hetero) is 1. The van der Waals surface area contributed by atoms with Crippen molar-refractivity contribution in [1.29, 1.82) is 0 Å². The lowest BCUT2D eigenvalue weighted by Gasteiger charge is -2.22. The number of rotatable bonds is 6. The van der Waals surface area contributed by atoms with Crippen molar-refractivity contribution in [2.24, 2.45) is 17.8 Å². The summed E-state index contributed by atoms with van der Waals surface area (Å²) < 4.78 is 5.44. The number of benzene rings is 3. The molecule has 0 radical (unpaired) electrons. The number of imide groups is 1. The number of allylic oxidation sites excluding steroid dienone is 2. The molecule has 6 rings (SSSR count). The van der Waals surface area contributed by atoms with E-state index in [1.807, 2.05) is 26.0 Å². The number of ketones is 1. The molecule has 2 aliphatic rings. The fourth-order valence-corrected chi connectivity index (χ4v) is 6.11. The van der Waals surface area contributed by atoms with E-state index in [9.17, 15) is 19.2 Å². The Hall–Kier alpha value is -4.33. The van der Waals surface area contributed by atoms with Gasteiger partial charge in [0.05, 0.1) is 34.3 Å². The number of ether oxygens (including phenoxy) is 1. The maximum Gasteiger partial charge on any atom is 0.339 e. The maximum atomic E-state index is 13.3. The Morgan fingerprint density at radius 3 is 2.40 bits per heavy atom. The van der Waals surface area contributed by atoms with Crippen LogP contribution in [0.5, 0.6) is 0 Å². The van der Waals surface area contributed by atoms with Gasteiger partial charge in [0, 0.05) is 26.6 Å². The highest BCUT2D eigenvalue weighted by Gasteiger charge is 2.50. The first-order valence-corrected chi connectivity index (χ1v) is 14.6. The largest absolute Gasteiger partial charge is 0.454 e. The molecule has 4 aromatic rings. The van der Waals surface area contributed by atoms with Crippen molar-refractivity contribution in [2.75, 3.05) is 11.5 Å². The first-order valence-electron chi connectivity index (χ1n) is 13.8. The molecule has 1 aliphatic carbocycles. The van der Waals surface area contributed by atoms with Gasteiger partial charge in [0.15, 0.2) is 12.4 Å². The average Bonchev–Trinajstić information content (AvgIpc) is 3.27. The van der Waals surface area contributed by atoms with E-state index in [4.69, 9.17) is 32.9 Å². The number of carbonyl (C=O) groups excluding carboxylic acids is 4. The molecule has 3 aromatic carbocycles. The molecule has 3 unspecified atom stereocenters. The van der Waals surface area contributed by atoms with Crippen LogP contribution in [-0.2, 0) is 14.3 Å². The number of aryl methyl sites for hydroxylation is 1. The van der Waals surface area contributed by atoms with Gasteiger partial charge in [0.1, 0.15) is 0 Å². The van der Waals surface area contributed by atoms with Crippen molar-refractivity contribution in [3.8, 4) is 11.3 Å². The van der Waals surface area contributed by atoms with Crippen molar-refractivity contribution < 1.29 is 23.9 Å². The predicted octanol–water partition coefficient (Wildman–Crippen LogP) is 7.26. The summed E-state index contributed by atoms with van der Waals surface area (Å²) in [6, 6.07) is 18.2. The van der Waals surface area contributed by atoms with Crippen LogP contribution in [0.25, 0.3) is 22.2 Å². The fourth-order valence-electron chi connectivity index (χ4n) is 5.83. The zero-order valence-electron chi connectivity index (χ0n) is 23.3. The Morgan fingerprint density at radius 1 is 0.977 bits per heavy atom. The molecule has 1 saturated heterocycles. The van der Waals surface area contributed by atoms with Crippen LogP contribution < -0.4 is 4.90 Å².